The Bertz CT molecular complexity index is 673. The van der Waals surface area contributed by atoms with Crippen LogP contribution in [0.25, 0.3) is 0 Å². The van der Waals surface area contributed by atoms with Crippen molar-refractivity contribution in [3.8, 4) is 11.5 Å². The molecule has 2 fully saturated rings. The van der Waals surface area contributed by atoms with E-state index in [0.29, 0.717) is 24.7 Å². The standard InChI is InChI=1S/C25H35F5O2/c1-2-3-4-5-18-6-8-19(9-7-18)20-10-12-21(13-11-20)24(26,27)31-22-14-16-23(17-15-22)32-25(28,29)30/h14-21H,2-13H2,1H3. The Morgan fingerprint density at radius 2 is 1.22 bits per heavy atom. The van der Waals surface area contributed by atoms with Crippen LogP contribution in [-0.2, 0) is 0 Å². The second-order valence-electron chi connectivity index (χ2n) is 9.57. The minimum Gasteiger partial charge on any atom is -0.432 e. The topological polar surface area (TPSA) is 18.5 Å². The van der Waals surface area contributed by atoms with Gasteiger partial charge in [-0.1, -0.05) is 45.4 Å². The fourth-order valence-corrected chi connectivity index (χ4v) is 5.51. The number of hydrogen-bond acceptors (Lipinski definition) is 2. The summed E-state index contributed by atoms with van der Waals surface area (Å²) >= 11 is 0. The fourth-order valence-electron chi connectivity index (χ4n) is 5.51. The number of hydrogen-bond donors (Lipinski definition) is 0. The third kappa shape index (κ3) is 7.51. The van der Waals surface area contributed by atoms with E-state index in [2.05, 4.69) is 11.7 Å². The highest BCUT2D eigenvalue weighted by Crippen LogP contribution is 2.46. The average molecular weight is 463 g/mol. The maximum atomic E-state index is 14.7. The molecule has 0 aliphatic heterocycles. The third-order valence-electron chi connectivity index (χ3n) is 7.33. The molecule has 182 valence electrons. The minimum absolute atomic E-state index is 0.159. The van der Waals surface area contributed by atoms with Gasteiger partial charge in [-0.05, 0) is 80.5 Å². The molecule has 1 aromatic rings. The monoisotopic (exact) mass is 462 g/mol. The van der Waals surface area contributed by atoms with Crippen LogP contribution in [-0.4, -0.2) is 12.5 Å². The first-order valence-corrected chi connectivity index (χ1v) is 12.1. The van der Waals surface area contributed by atoms with Gasteiger partial charge in [-0.2, -0.15) is 8.78 Å². The van der Waals surface area contributed by atoms with Crippen LogP contribution in [0.1, 0.15) is 84.0 Å². The molecule has 2 nitrogen and oxygen atoms in total. The van der Waals surface area contributed by atoms with E-state index in [0.717, 1.165) is 43.0 Å². The highest BCUT2D eigenvalue weighted by molar-refractivity contribution is 5.31. The Balaban J connectivity index is 1.43. The normalized spacial score (nSPS) is 27.2. The van der Waals surface area contributed by atoms with Crippen LogP contribution < -0.4 is 9.47 Å². The van der Waals surface area contributed by atoms with Crippen LogP contribution in [0.5, 0.6) is 11.5 Å². The molecule has 2 saturated carbocycles. The molecule has 1 aromatic carbocycles. The number of unbranched alkanes of at least 4 members (excludes halogenated alkanes) is 2. The SMILES string of the molecule is CCCCCC1CCC(C2CCC(C(F)(F)Oc3ccc(OC(F)(F)F)cc3)CC2)CC1. The summed E-state index contributed by atoms with van der Waals surface area (Å²) in [5.41, 5.74) is 0. The van der Waals surface area contributed by atoms with Crippen LogP contribution in [0.15, 0.2) is 24.3 Å². The lowest BCUT2D eigenvalue weighted by atomic mass is 9.68. The molecule has 0 aromatic heterocycles. The van der Waals surface area contributed by atoms with E-state index in [1.165, 1.54) is 51.4 Å². The molecular formula is C25H35F5O2. The number of ether oxygens (including phenoxy) is 2. The van der Waals surface area contributed by atoms with Gasteiger partial charge in [0.15, 0.2) is 0 Å². The van der Waals surface area contributed by atoms with Gasteiger partial charge >= 0.3 is 12.5 Å². The van der Waals surface area contributed by atoms with Crippen LogP contribution in [0.4, 0.5) is 22.0 Å². The number of alkyl halides is 5. The van der Waals surface area contributed by atoms with E-state index in [-0.39, 0.29) is 5.75 Å². The van der Waals surface area contributed by atoms with Crippen molar-refractivity contribution in [1.29, 1.82) is 0 Å². The molecule has 0 N–H and O–H groups in total. The van der Waals surface area contributed by atoms with Gasteiger partial charge in [0.1, 0.15) is 11.5 Å². The van der Waals surface area contributed by atoms with Gasteiger partial charge in [0, 0.05) is 0 Å². The van der Waals surface area contributed by atoms with Crippen molar-refractivity contribution in [3.05, 3.63) is 24.3 Å². The molecule has 0 unspecified atom stereocenters. The van der Waals surface area contributed by atoms with E-state index in [9.17, 15) is 22.0 Å². The Morgan fingerprint density at radius 1 is 0.719 bits per heavy atom. The van der Waals surface area contributed by atoms with Crippen molar-refractivity contribution < 1.29 is 31.4 Å². The molecule has 0 saturated heterocycles. The van der Waals surface area contributed by atoms with Gasteiger partial charge in [-0.3, -0.25) is 0 Å². The molecule has 32 heavy (non-hydrogen) atoms. The fraction of sp³-hybridized carbons (Fsp3) is 0.760. The number of benzene rings is 1. The highest BCUT2D eigenvalue weighted by Gasteiger charge is 2.45. The summed E-state index contributed by atoms with van der Waals surface area (Å²) in [4.78, 5) is 0. The van der Waals surface area contributed by atoms with Gasteiger partial charge in [-0.15, -0.1) is 13.2 Å². The Hall–Kier alpha value is -1.53. The first kappa shape index (κ1) is 25.1. The summed E-state index contributed by atoms with van der Waals surface area (Å²) < 4.78 is 74.8. The van der Waals surface area contributed by atoms with Crippen molar-refractivity contribution in [2.45, 2.75) is 96.4 Å². The zero-order valence-corrected chi connectivity index (χ0v) is 18.8. The molecule has 2 aliphatic carbocycles. The van der Waals surface area contributed by atoms with E-state index < -0.39 is 24.1 Å². The van der Waals surface area contributed by atoms with Crippen molar-refractivity contribution in [2.75, 3.05) is 0 Å². The van der Waals surface area contributed by atoms with Crippen molar-refractivity contribution >= 4 is 0 Å². The summed E-state index contributed by atoms with van der Waals surface area (Å²) in [6, 6.07) is 4.13. The highest BCUT2D eigenvalue weighted by atomic mass is 19.4. The maximum absolute atomic E-state index is 14.7. The molecule has 0 radical (unpaired) electrons. The molecule has 0 amide bonds. The van der Waals surface area contributed by atoms with E-state index in [1.807, 2.05) is 0 Å². The molecular weight excluding hydrogens is 427 g/mol. The first-order valence-electron chi connectivity index (χ1n) is 12.1. The summed E-state index contributed by atoms with van der Waals surface area (Å²) in [6.45, 7) is 2.23. The van der Waals surface area contributed by atoms with Crippen LogP contribution in [0.3, 0.4) is 0 Å². The van der Waals surface area contributed by atoms with Crippen molar-refractivity contribution in [3.63, 3.8) is 0 Å². The molecule has 2 aliphatic rings. The van der Waals surface area contributed by atoms with Gasteiger partial charge in [0.25, 0.3) is 0 Å². The van der Waals surface area contributed by atoms with Crippen molar-refractivity contribution in [2.24, 2.45) is 23.7 Å². The van der Waals surface area contributed by atoms with E-state index >= 15 is 0 Å². The van der Waals surface area contributed by atoms with Gasteiger partial charge in [0.2, 0.25) is 0 Å². The summed E-state index contributed by atoms with van der Waals surface area (Å²) in [5, 5.41) is 0. The Labute approximate surface area is 187 Å². The predicted octanol–water partition coefficient (Wildman–Crippen LogP) is 8.75. The van der Waals surface area contributed by atoms with E-state index in [1.54, 1.807) is 0 Å². The van der Waals surface area contributed by atoms with E-state index in [4.69, 9.17) is 4.74 Å². The van der Waals surface area contributed by atoms with Gasteiger partial charge in [0.05, 0.1) is 5.92 Å². The molecule has 7 heteroatoms. The van der Waals surface area contributed by atoms with Crippen LogP contribution in [0, 0.1) is 23.7 Å². The molecule has 0 spiro atoms. The summed E-state index contributed by atoms with van der Waals surface area (Å²) in [6.07, 6.45) is 4.52. The summed E-state index contributed by atoms with van der Waals surface area (Å²) in [7, 11) is 0. The van der Waals surface area contributed by atoms with Crippen LogP contribution in [0.2, 0.25) is 0 Å². The summed E-state index contributed by atoms with van der Waals surface area (Å²) in [5.74, 6) is 0.545. The number of rotatable bonds is 9. The molecule has 0 bridgehead atoms. The molecule has 3 rings (SSSR count). The van der Waals surface area contributed by atoms with Gasteiger partial charge in [-0.25, -0.2) is 0 Å². The van der Waals surface area contributed by atoms with Gasteiger partial charge < -0.3 is 9.47 Å². The average Bonchev–Trinajstić information content (AvgIpc) is 2.75. The quantitative estimate of drug-likeness (QED) is 0.270. The number of halogens is 5. The Morgan fingerprint density at radius 3 is 1.72 bits per heavy atom. The second-order valence-corrected chi connectivity index (χ2v) is 9.57. The minimum atomic E-state index is -4.82. The van der Waals surface area contributed by atoms with Crippen molar-refractivity contribution in [1.82, 2.24) is 0 Å². The molecule has 0 atom stereocenters. The second kappa shape index (κ2) is 11.1. The zero-order chi connectivity index (χ0) is 23.2. The Kier molecular flexibility index (Phi) is 8.68. The third-order valence-corrected chi connectivity index (χ3v) is 7.33. The predicted molar refractivity (Wildman–Crippen MR) is 114 cm³/mol. The molecule has 0 heterocycles. The van der Waals surface area contributed by atoms with Crippen LogP contribution >= 0.6 is 0 Å². The zero-order valence-electron chi connectivity index (χ0n) is 18.8. The lowest BCUT2D eigenvalue weighted by Gasteiger charge is -2.39. The maximum Gasteiger partial charge on any atom is 0.573 e. The first-order chi connectivity index (χ1) is 15.2. The lowest BCUT2D eigenvalue weighted by molar-refractivity contribution is -0.274. The largest absolute Gasteiger partial charge is 0.573 e. The lowest BCUT2D eigenvalue weighted by Crippen LogP contribution is -2.38. The smallest absolute Gasteiger partial charge is 0.432 e.